The lowest BCUT2D eigenvalue weighted by Gasteiger charge is -2.07. The highest BCUT2D eigenvalue weighted by molar-refractivity contribution is 5.26. The van der Waals surface area contributed by atoms with Gasteiger partial charge in [-0.25, -0.2) is 9.07 Å². The summed E-state index contributed by atoms with van der Waals surface area (Å²) in [6.07, 6.45) is 1.68. The van der Waals surface area contributed by atoms with Crippen molar-refractivity contribution in [3.05, 3.63) is 47.4 Å². The normalized spacial score (nSPS) is 10.5. The predicted octanol–water partition coefficient (Wildman–Crippen LogP) is 1.54. The van der Waals surface area contributed by atoms with Gasteiger partial charge in [0.2, 0.25) is 5.88 Å². The van der Waals surface area contributed by atoms with Crippen molar-refractivity contribution in [3.8, 4) is 5.88 Å². The molecule has 1 heterocycles. The van der Waals surface area contributed by atoms with Gasteiger partial charge in [-0.15, -0.1) is 0 Å². The molecule has 0 aliphatic carbocycles. The maximum atomic E-state index is 12.8. The third-order valence-electron chi connectivity index (χ3n) is 2.52. The molecule has 2 N–H and O–H groups in total. The number of benzene rings is 1. The summed E-state index contributed by atoms with van der Waals surface area (Å²) in [5.74, 6) is 0.403. The number of aromatic nitrogens is 2. The maximum Gasteiger partial charge on any atom is 0.216 e. The van der Waals surface area contributed by atoms with Gasteiger partial charge in [-0.1, -0.05) is 12.1 Å². The summed E-state index contributed by atoms with van der Waals surface area (Å²) in [7, 11) is 1.58. The smallest absolute Gasteiger partial charge is 0.216 e. The van der Waals surface area contributed by atoms with Gasteiger partial charge in [-0.05, 0) is 17.7 Å². The van der Waals surface area contributed by atoms with Crippen LogP contribution in [-0.2, 0) is 13.1 Å². The Balaban J connectivity index is 2.23. The number of nitrogens with zero attached hydrogens (tertiary/aromatic N) is 2. The van der Waals surface area contributed by atoms with Gasteiger partial charge in [-0.3, -0.25) is 0 Å². The number of rotatable bonds is 4. The van der Waals surface area contributed by atoms with E-state index in [1.807, 2.05) is 0 Å². The maximum absolute atomic E-state index is 12.8. The Morgan fingerprint density at radius 2 is 2.06 bits per heavy atom. The molecule has 0 amide bonds. The largest absolute Gasteiger partial charge is 0.481 e. The van der Waals surface area contributed by atoms with Crippen LogP contribution < -0.4 is 10.5 Å². The molecular formula is C12H14FN3O. The summed E-state index contributed by atoms with van der Waals surface area (Å²) in [5, 5.41) is 4.19. The van der Waals surface area contributed by atoms with Crippen LogP contribution in [0.2, 0.25) is 0 Å². The molecule has 0 bridgehead atoms. The van der Waals surface area contributed by atoms with E-state index in [-0.39, 0.29) is 5.82 Å². The second-order valence-electron chi connectivity index (χ2n) is 3.67. The van der Waals surface area contributed by atoms with Crippen molar-refractivity contribution < 1.29 is 9.13 Å². The number of ether oxygens (including phenoxy) is 1. The molecule has 0 fully saturated rings. The van der Waals surface area contributed by atoms with E-state index in [0.29, 0.717) is 19.0 Å². The Bertz CT molecular complexity index is 493. The first-order valence-corrected chi connectivity index (χ1v) is 5.27. The first kappa shape index (κ1) is 11.6. The van der Waals surface area contributed by atoms with Gasteiger partial charge in [-0.2, -0.15) is 5.10 Å². The quantitative estimate of drug-likeness (QED) is 0.874. The van der Waals surface area contributed by atoms with Gasteiger partial charge in [0.1, 0.15) is 5.82 Å². The van der Waals surface area contributed by atoms with Gasteiger partial charge < -0.3 is 10.5 Å². The van der Waals surface area contributed by atoms with E-state index in [2.05, 4.69) is 5.10 Å². The van der Waals surface area contributed by atoms with Crippen LogP contribution in [0.4, 0.5) is 4.39 Å². The molecule has 5 heteroatoms. The van der Waals surface area contributed by atoms with Gasteiger partial charge in [0, 0.05) is 12.1 Å². The second kappa shape index (κ2) is 4.97. The third kappa shape index (κ3) is 2.45. The van der Waals surface area contributed by atoms with Crippen molar-refractivity contribution in [2.45, 2.75) is 13.1 Å². The molecule has 0 aliphatic heterocycles. The molecule has 0 unspecified atom stereocenters. The monoisotopic (exact) mass is 235 g/mol. The number of hydrogen-bond donors (Lipinski definition) is 1. The highest BCUT2D eigenvalue weighted by atomic mass is 19.1. The molecule has 0 radical (unpaired) electrons. The first-order chi connectivity index (χ1) is 8.24. The fourth-order valence-corrected chi connectivity index (χ4v) is 1.66. The van der Waals surface area contributed by atoms with E-state index < -0.39 is 0 Å². The Morgan fingerprint density at radius 3 is 2.65 bits per heavy atom. The molecule has 1 aromatic carbocycles. The highest BCUT2D eigenvalue weighted by Crippen LogP contribution is 2.18. The average Bonchev–Trinajstić information content (AvgIpc) is 2.74. The van der Waals surface area contributed by atoms with Crippen LogP contribution in [0.25, 0.3) is 0 Å². The fourth-order valence-electron chi connectivity index (χ4n) is 1.66. The van der Waals surface area contributed by atoms with E-state index in [1.165, 1.54) is 12.1 Å². The van der Waals surface area contributed by atoms with Crippen LogP contribution in [0.15, 0.2) is 30.5 Å². The predicted molar refractivity (Wildman–Crippen MR) is 62.2 cm³/mol. The SMILES string of the molecule is COc1c(CN)cnn1Cc1ccc(F)cc1. The molecule has 0 atom stereocenters. The molecule has 2 rings (SSSR count). The topological polar surface area (TPSA) is 53.1 Å². The number of hydrogen-bond acceptors (Lipinski definition) is 3. The van der Waals surface area contributed by atoms with Gasteiger partial charge >= 0.3 is 0 Å². The lowest BCUT2D eigenvalue weighted by atomic mass is 10.2. The Morgan fingerprint density at radius 1 is 1.35 bits per heavy atom. The van der Waals surface area contributed by atoms with Crippen molar-refractivity contribution in [1.82, 2.24) is 9.78 Å². The molecule has 4 nitrogen and oxygen atoms in total. The van der Waals surface area contributed by atoms with Crippen LogP contribution in [0, 0.1) is 5.82 Å². The zero-order chi connectivity index (χ0) is 12.3. The third-order valence-corrected chi connectivity index (χ3v) is 2.52. The molecule has 2 aromatic rings. The standard InChI is InChI=1S/C12H14FN3O/c1-17-12-10(6-14)7-15-16(12)8-9-2-4-11(13)5-3-9/h2-5,7H,6,8,14H2,1H3. The Labute approximate surface area is 98.8 Å². The first-order valence-electron chi connectivity index (χ1n) is 5.27. The van der Waals surface area contributed by atoms with Gasteiger partial charge in [0.25, 0.3) is 0 Å². The summed E-state index contributed by atoms with van der Waals surface area (Å²) >= 11 is 0. The van der Waals surface area contributed by atoms with Crippen LogP contribution >= 0.6 is 0 Å². The molecule has 90 valence electrons. The summed E-state index contributed by atoms with van der Waals surface area (Å²) in [5.41, 5.74) is 7.38. The molecule has 0 aliphatic rings. The molecule has 0 saturated carbocycles. The van der Waals surface area contributed by atoms with Crippen LogP contribution in [0.3, 0.4) is 0 Å². The number of halogens is 1. The molecular weight excluding hydrogens is 221 g/mol. The van der Waals surface area contributed by atoms with E-state index >= 15 is 0 Å². The molecule has 0 spiro atoms. The van der Waals surface area contributed by atoms with Crippen LogP contribution in [0.1, 0.15) is 11.1 Å². The zero-order valence-corrected chi connectivity index (χ0v) is 9.56. The summed E-state index contributed by atoms with van der Waals surface area (Å²) in [4.78, 5) is 0. The number of methoxy groups -OCH3 is 1. The van der Waals surface area contributed by atoms with Crippen molar-refractivity contribution in [2.75, 3.05) is 7.11 Å². The summed E-state index contributed by atoms with van der Waals surface area (Å²) in [6, 6.07) is 6.29. The summed E-state index contributed by atoms with van der Waals surface area (Å²) in [6.45, 7) is 0.913. The zero-order valence-electron chi connectivity index (χ0n) is 9.56. The molecule has 1 aromatic heterocycles. The summed E-state index contributed by atoms with van der Waals surface area (Å²) < 4.78 is 19.7. The van der Waals surface area contributed by atoms with E-state index in [0.717, 1.165) is 11.1 Å². The molecule has 0 saturated heterocycles. The minimum Gasteiger partial charge on any atom is -0.481 e. The average molecular weight is 235 g/mol. The van der Waals surface area contributed by atoms with Crippen molar-refractivity contribution in [3.63, 3.8) is 0 Å². The van der Waals surface area contributed by atoms with Crippen LogP contribution in [-0.4, -0.2) is 16.9 Å². The minimum atomic E-state index is -0.246. The van der Waals surface area contributed by atoms with Crippen molar-refractivity contribution in [2.24, 2.45) is 5.73 Å². The molecule has 17 heavy (non-hydrogen) atoms. The van der Waals surface area contributed by atoms with E-state index in [4.69, 9.17) is 10.5 Å². The minimum absolute atomic E-state index is 0.246. The van der Waals surface area contributed by atoms with Crippen molar-refractivity contribution >= 4 is 0 Å². The van der Waals surface area contributed by atoms with Gasteiger partial charge in [0.05, 0.1) is 19.9 Å². The van der Waals surface area contributed by atoms with Crippen molar-refractivity contribution in [1.29, 1.82) is 0 Å². The number of nitrogens with two attached hydrogens (primary N) is 1. The lowest BCUT2D eigenvalue weighted by molar-refractivity contribution is 0.363. The van der Waals surface area contributed by atoms with E-state index in [1.54, 1.807) is 30.1 Å². The highest BCUT2D eigenvalue weighted by Gasteiger charge is 2.09. The Kier molecular flexibility index (Phi) is 3.39. The van der Waals surface area contributed by atoms with Gasteiger partial charge in [0.15, 0.2) is 0 Å². The van der Waals surface area contributed by atoms with E-state index in [9.17, 15) is 4.39 Å². The van der Waals surface area contributed by atoms with Crippen LogP contribution in [0.5, 0.6) is 5.88 Å². The Hall–Kier alpha value is -1.88. The fraction of sp³-hybridized carbons (Fsp3) is 0.250. The lowest BCUT2D eigenvalue weighted by Crippen LogP contribution is -2.06. The second-order valence-corrected chi connectivity index (χ2v) is 3.67.